The summed E-state index contributed by atoms with van der Waals surface area (Å²) >= 11 is 0. The number of nitrogens with zero attached hydrogens (tertiary/aromatic N) is 2. The number of nitrogens with one attached hydrogen (secondary N) is 1. The summed E-state index contributed by atoms with van der Waals surface area (Å²) < 4.78 is 27.1. The van der Waals surface area contributed by atoms with Crippen molar-refractivity contribution in [2.45, 2.75) is 24.8 Å². The molecule has 1 fully saturated rings. The Morgan fingerprint density at radius 1 is 1.29 bits per heavy atom. The second-order valence-corrected chi connectivity index (χ2v) is 4.78. The topological polar surface area (TPSA) is 91.5 Å². The number of likely N-dealkylation sites (tertiary alicyclic amines) is 1. The monoisotopic (exact) mass is 317 g/mol. The van der Waals surface area contributed by atoms with Crippen LogP contribution in [0.3, 0.4) is 0 Å². The number of amidine groups is 1. The van der Waals surface area contributed by atoms with Crippen LogP contribution in [0, 0.1) is 5.41 Å². The van der Waals surface area contributed by atoms with Crippen LogP contribution < -0.4 is 11.5 Å². The highest BCUT2D eigenvalue weighted by molar-refractivity contribution is 5.92. The largest absolute Gasteiger partial charge is 0.385 e. The van der Waals surface area contributed by atoms with E-state index in [1.807, 2.05) is 6.07 Å². The Kier molecular flexibility index (Phi) is 5.48. The molecule has 1 aliphatic heterocycles. The number of para-hydroxylation sites is 1. The number of hydrogen-bond acceptors (Lipinski definition) is 2. The van der Waals surface area contributed by atoms with Crippen LogP contribution in [0.4, 0.5) is 14.5 Å². The van der Waals surface area contributed by atoms with Gasteiger partial charge in [0.1, 0.15) is 5.84 Å². The Morgan fingerprint density at radius 3 is 2.48 bits per heavy atom. The van der Waals surface area contributed by atoms with Gasteiger partial charge in [-0.1, -0.05) is 18.2 Å². The number of piperidine rings is 1. The van der Waals surface area contributed by atoms with E-state index in [4.69, 9.17) is 16.9 Å². The standard InChI is InChI=1S/C13H17F2N5.ClH/c14-13(15)6-7-20(12(17)18)10(8-13)11(16)19-9-4-2-1-3-5-9;/h1-5,10H,6-8H2,(H2,16,19)(H3,17,18);1H. The van der Waals surface area contributed by atoms with E-state index in [1.165, 1.54) is 4.90 Å². The van der Waals surface area contributed by atoms with E-state index in [0.717, 1.165) is 0 Å². The first-order chi connectivity index (χ1) is 9.39. The molecular formula is C13H18ClF2N5. The first-order valence-electron chi connectivity index (χ1n) is 6.27. The first-order valence-corrected chi connectivity index (χ1v) is 6.27. The van der Waals surface area contributed by atoms with Gasteiger partial charge in [0, 0.05) is 19.4 Å². The van der Waals surface area contributed by atoms with Gasteiger partial charge < -0.3 is 16.4 Å². The molecule has 0 radical (unpaired) electrons. The van der Waals surface area contributed by atoms with E-state index < -0.39 is 18.4 Å². The van der Waals surface area contributed by atoms with Crippen LogP contribution in [0.25, 0.3) is 0 Å². The highest BCUT2D eigenvalue weighted by Gasteiger charge is 2.42. The zero-order valence-electron chi connectivity index (χ0n) is 11.3. The molecular weight excluding hydrogens is 300 g/mol. The Bertz CT molecular complexity index is 521. The van der Waals surface area contributed by atoms with E-state index >= 15 is 0 Å². The van der Waals surface area contributed by atoms with Crippen molar-refractivity contribution >= 4 is 29.9 Å². The third-order valence-electron chi connectivity index (χ3n) is 3.25. The van der Waals surface area contributed by atoms with Gasteiger partial charge in [0.15, 0.2) is 5.96 Å². The predicted molar refractivity (Wildman–Crippen MR) is 81.6 cm³/mol. The van der Waals surface area contributed by atoms with E-state index in [-0.39, 0.29) is 37.2 Å². The second-order valence-electron chi connectivity index (χ2n) is 4.78. The summed E-state index contributed by atoms with van der Waals surface area (Å²) in [7, 11) is 0. The van der Waals surface area contributed by atoms with Crippen molar-refractivity contribution in [2.75, 3.05) is 6.54 Å². The average Bonchev–Trinajstić information content (AvgIpc) is 2.38. The number of alkyl halides is 2. The molecule has 116 valence electrons. The summed E-state index contributed by atoms with van der Waals surface area (Å²) in [4.78, 5) is 5.51. The maximum atomic E-state index is 13.5. The van der Waals surface area contributed by atoms with Crippen molar-refractivity contribution < 1.29 is 8.78 Å². The summed E-state index contributed by atoms with van der Waals surface area (Å²) in [5.41, 5.74) is 11.9. The lowest BCUT2D eigenvalue weighted by Gasteiger charge is -2.39. The van der Waals surface area contributed by atoms with Crippen molar-refractivity contribution in [3.63, 3.8) is 0 Å². The van der Waals surface area contributed by atoms with Gasteiger partial charge in [-0.15, -0.1) is 12.4 Å². The Labute approximate surface area is 127 Å². The van der Waals surface area contributed by atoms with Crippen LogP contribution in [0.1, 0.15) is 12.8 Å². The SMILES string of the molecule is Cl.N=C(N)N1CCC(F)(F)CC1C(N)=Nc1ccccc1. The van der Waals surface area contributed by atoms with Gasteiger partial charge in [-0.3, -0.25) is 5.41 Å². The van der Waals surface area contributed by atoms with Crippen LogP contribution in [0.2, 0.25) is 0 Å². The number of aliphatic imine (C=N–C) groups is 1. The summed E-state index contributed by atoms with van der Waals surface area (Å²) in [6.45, 7) is -0.00197. The quantitative estimate of drug-likeness (QED) is 0.576. The van der Waals surface area contributed by atoms with Crippen molar-refractivity contribution in [3.8, 4) is 0 Å². The molecule has 1 atom stereocenters. The lowest BCUT2D eigenvalue weighted by atomic mass is 9.98. The highest BCUT2D eigenvalue weighted by atomic mass is 35.5. The van der Waals surface area contributed by atoms with Crippen LogP contribution >= 0.6 is 12.4 Å². The molecule has 5 N–H and O–H groups in total. The van der Waals surface area contributed by atoms with Crippen LogP contribution in [0.5, 0.6) is 0 Å². The molecule has 1 aromatic rings. The van der Waals surface area contributed by atoms with E-state index in [2.05, 4.69) is 4.99 Å². The zero-order valence-corrected chi connectivity index (χ0v) is 12.1. The molecule has 2 rings (SSSR count). The number of hydrogen-bond donors (Lipinski definition) is 3. The molecule has 0 spiro atoms. The minimum atomic E-state index is -2.81. The Morgan fingerprint density at radius 2 is 1.90 bits per heavy atom. The fourth-order valence-corrected chi connectivity index (χ4v) is 2.21. The molecule has 1 aromatic carbocycles. The maximum Gasteiger partial charge on any atom is 0.252 e. The molecule has 0 bridgehead atoms. The second kappa shape index (κ2) is 6.71. The molecule has 1 aliphatic rings. The Hall–Kier alpha value is -1.89. The molecule has 0 aromatic heterocycles. The number of nitrogens with two attached hydrogens (primary N) is 2. The zero-order chi connectivity index (χ0) is 14.8. The van der Waals surface area contributed by atoms with Crippen LogP contribution in [-0.2, 0) is 0 Å². The summed E-state index contributed by atoms with van der Waals surface area (Å²) in [6.07, 6.45) is -0.809. The molecule has 1 unspecified atom stereocenters. The van der Waals surface area contributed by atoms with E-state index in [0.29, 0.717) is 5.69 Å². The number of guanidine groups is 1. The lowest BCUT2D eigenvalue weighted by molar-refractivity contribution is -0.0526. The third-order valence-corrected chi connectivity index (χ3v) is 3.25. The van der Waals surface area contributed by atoms with Gasteiger partial charge >= 0.3 is 0 Å². The Balaban J connectivity index is 0.00000220. The minimum Gasteiger partial charge on any atom is -0.385 e. The van der Waals surface area contributed by atoms with Crippen molar-refractivity contribution in [3.05, 3.63) is 30.3 Å². The van der Waals surface area contributed by atoms with Crippen LogP contribution in [-0.4, -0.2) is 35.2 Å². The molecule has 21 heavy (non-hydrogen) atoms. The lowest BCUT2D eigenvalue weighted by Crippen LogP contribution is -2.56. The first kappa shape index (κ1) is 17.2. The van der Waals surface area contributed by atoms with Crippen molar-refractivity contribution in [2.24, 2.45) is 16.5 Å². The molecule has 1 heterocycles. The number of benzene rings is 1. The van der Waals surface area contributed by atoms with E-state index in [9.17, 15) is 8.78 Å². The molecule has 5 nitrogen and oxygen atoms in total. The molecule has 0 saturated carbocycles. The van der Waals surface area contributed by atoms with Crippen LogP contribution in [0.15, 0.2) is 35.3 Å². The average molecular weight is 318 g/mol. The molecule has 8 heteroatoms. The highest BCUT2D eigenvalue weighted by Crippen LogP contribution is 2.32. The molecule has 0 amide bonds. The summed E-state index contributed by atoms with van der Waals surface area (Å²) in [5, 5.41) is 7.47. The molecule has 0 aliphatic carbocycles. The van der Waals surface area contributed by atoms with Gasteiger partial charge in [-0.2, -0.15) is 0 Å². The van der Waals surface area contributed by atoms with E-state index in [1.54, 1.807) is 24.3 Å². The predicted octanol–water partition coefficient (Wildman–Crippen LogP) is 2.09. The fourth-order valence-electron chi connectivity index (χ4n) is 2.21. The number of rotatable bonds is 2. The van der Waals surface area contributed by atoms with Crippen molar-refractivity contribution in [1.29, 1.82) is 5.41 Å². The number of halogens is 3. The smallest absolute Gasteiger partial charge is 0.252 e. The van der Waals surface area contributed by atoms with Gasteiger partial charge in [0.2, 0.25) is 0 Å². The van der Waals surface area contributed by atoms with Gasteiger partial charge in [0.05, 0.1) is 11.7 Å². The van der Waals surface area contributed by atoms with Crippen molar-refractivity contribution in [1.82, 2.24) is 4.90 Å². The maximum absolute atomic E-state index is 13.5. The third kappa shape index (κ3) is 4.29. The minimum absolute atomic E-state index is 0. The fraction of sp³-hybridized carbons (Fsp3) is 0.385. The normalized spacial score (nSPS) is 21.5. The summed E-state index contributed by atoms with van der Waals surface area (Å²) in [5.74, 6) is -3.03. The molecule has 1 saturated heterocycles. The van der Waals surface area contributed by atoms with Gasteiger partial charge in [-0.05, 0) is 12.1 Å². The van der Waals surface area contributed by atoms with Gasteiger partial charge in [0.25, 0.3) is 5.92 Å². The van der Waals surface area contributed by atoms with Gasteiger partial charge in [-0.25, -0.2) is 13.8 Å². The summed E-state index contributed by atoms with van der Waals surface area (Å²) in [6, 6.07) is 8.00.